The van der Waals surface area contributed by atoms with Crippen molar-refractivity contribution in [1.82, 2.24) is 4.98 Å². The van der Waals surface area contributed by atoms with Crippen molar-refractivity contribution in [2.45, 2.75) is 32.5 Å². The maximum absolute atomic E-state index is 6.27. The summed E-state index contributed by atoms with van der Waals surface area (Å²) in [5.41, 5.74) is 2.41. The molecule has 0 fully saturated rings. The molecule has 2 aromatic rings. The number of para-hydroxylation sites is 1. The first kappa shape index (κ1) is 15.3. The van der Waals surface area contributed by atoms with Crippen molar-refractivity contribution in [1.29, 1.82) is 0 Å². The van der Waals surface area contributed by atoms with Crippen LogP contribution in [0.1, 0.15) is 19.5 Å². The minimum Gasteiger partial charge on any atom is -0.542 e. The zero-order chi connectivity index (χ0) is 14.8. The number of halogens is 1. The molecular weight excluding hydrogens is 330 g/mol. The van der Waals surface area contributed by atoms with E-state index >= 15 is 0 Å². The van der Waals surface area contributed by atoms with E-state index in [2.05, 4.69) is 60.0 Å². The summed E-state index contributed by atoms with van der Waals surface area (Å²) in [5.74, 6) is 0.820. The molecule has 4 heteroatoms. The number of benzene rings is 1. The molecule has 0 atom stereocenters. The van der Waals surface area contributed by atoms with E-state index in [1.54, 1.807) is 0 Å². The average molecular weight is 350 g/mol. The Balaban J connectivity index is 2.35. The van der Waals surface area contributed by atoms with Gasteiger partial charge in [-0.15, -0.1) is 0 Å². The Morgan fingerprint density at radius 3 is 2.55 bits per heavy atom. The van der Waals surface area contributed by atoms with Gasteiger partial charge >= 0.3 is 0 Å². The van der Waals surface area contributed by atoms with Crippen molar-refractivity contribution in [3.8, 4) is 0 Å². The van der Waals surface area contributed by atoms with Crippen molar-refractivity contribution in [3.05, 3.63) is 47.1 Å². The van der Waals surface area contributed by atoms with Crippen LogP contribution < -0.4 is 0 Å². The van der Waals surface area contributed by atoms with E-state index in [9.17, 15) is 0 Å². The van der Waals surface area contributed by atoms with Crippen LogP contribution in [0.4, 0.5) is 0 Å². The second kappa shape index (κ2) is 6.10. The molecule has 1 aromatic heterocycles. The number of nitrogens with zero attached hydrogens (tertiary/aromatic N) is 1. The van der Waals surface area contributed by atoms with Gasteiger partial charge in [0.1, 0.15) is 11.5 Å². The summed E-state index contributed by atoms with van der Waals surface area (Å²) in [4.78, 5) is 6.52. The first-order valence-corrected chi connectivity index (χ1v) is 10.7. The topological polar surface area (TPSA) is 22.1 Å². The molecule has 106 valence electrons. The maximum atomic E-state index is 6.27. The van der Waals surface area contributed by atoms with E-state index in [1.165, 1.54) is 0 Å². The number of rotatable bonds is 4. The Bertz CT molecular complexity index is 637. The molecular formula is C16H20BrNOSi. The Morgan fingerprint density at radius 1 is 1.20 bits per heavy atom. The third kappa shape index (κ3) is 3.30. The maximum Gasteiger partial charge on any atom is 0.247 e. The SMILES string of the molecule is CC(C)[Si](C)(C)OC(=CBr)c1ccc2ccccc2n1. The summed E-state index contributed by atoms with van der Waals surface area (Å²) in [7, 11) is -1.75. The highest BCUT2D eigenvalue weighted by Gasteiger charge is 2.30. The van der Waals surface area contributed by atoms with Gasteiger partial charge in [0, 0.05) is 10.4 Å². The highest BCUT2D eigenvalue weighted by atomic mass is 79.9. The molecule has 1 heterocycles. The first-order chi connectivity index (χ1) is 9.44. The predicted octanol–water partition coefficient (Wildman–Crippen LogP) is 5.56. The Labute approximate surface area is 130 Å². The summed E-state index contributed by atoms with van der Waals surface area (Å²) in [6.45, 7) is 8.89. The fourth-order valence-electron chi connectivity index (χ4n) is 1.73. The standard InChI is InChI=1S/C16H20BrNOSi/c1-12(2)20(3,4)19-16(11-17)15-10-9-13-7-5-6-8-14(13)18-15/h5-12H,1-4H3. The molecule has 0 aliphatic rings. The van der Waals surface area contributed by atoms with E-state index in [-0.39, 0.29) is 0 Å². The zero-order valence-electron chi connectivity index (χ0n) is 12.4. The lowest BCUT2D eigenvalue weighted by Crippen LogP contribution is -2.33. The van der Waals surface area contributed by atoms with Crippen LogP contribution >= 0.6 is 15.9 Å². The molecule has 0 amide bonds. The van der Waals surface area contributed by atoms with Crippen molar-refractivity contribution in [2.75, 3.05) is 0 Å². The lowest BCUT2D eigenvalue weighted by atomic mass is 10.2. The van der Waals surface area contributed by atoms with Gasteiger partial charge in [-0.05, 0) is 30.8 Å². The van der Waals surface area contributed by atoms with Gasteiger partial charge in [0.2, 0.25) is 8.32 Å². The summed E-state index contributed by atoms with van der Waals surface area (Å²) in [6.07, 6.45) is 0. The molecule has 0 saturated carbocycles. The molecule has 0 spiro atoms. The molecule has 2 rings (SSSR count). The monoisotopic (exact) mass is 349 g/mol. The third-order valence-corrected chi connectivity index (χ3v) is 7.66. The molecule has 0 N–H and O–H groups in total. The molecule has 0 aliphatic heterocycles. The Hall–Kier alpha value is -1.13. The van der Waals surface area contributed by atoms with E-state index < -0.39 is 8.32 Å². The lowest BCUT2D eigenvalue weighted by Gasteiger charge is -2.29. The van der Waals surface area contributed by atoms with Crippen molar-refractivity contribution < 1.29 is 4.43 Å². The largest absolute Gasteiger partial charge is 0.542 e. The van der Waals surface area contributed by atoms with Crippen molar-refractivity contribution >= 4 is 40.9 Å². The van der Waals surface area contributed by atoms with Crippen molar-refractivity contribution in [2.24, 2.45) is 0 Å². The van der Waals surface area contributed by atoms with Crippen LogP contribution in [0, 0.1) is 0 Å². The third-order valence-electron chi connectivity index (χ3n) is 3.71. The summed E-state index contributed by atoms with van der Waals surface area (Å²) in [6, 6.07) is 12.2. The van der Waals surface area contributed by atoms with Gasteiger partial charge in [0.05, 0.1) is 5.52 Å². The molecule has 20 heavy (non-hydrogen) atoms. The molecule has 2 nitrogen and oxygen atoms in total. The molecule has 0 bridgehead atoms. The average Bonchev–Trinajstić information content (AvgIpc) is 2.44. The van der Waals surface area contributed by atoms with E-state index in [1.807, 2.05) is 29.3 Å². The Kier molecular flexibility index (Phi) is 4.65. The summed E-state index contributed by atoms with van der Waals surface area (Å²) in [5, 5.41) is 1.14. The van der Waals surface area contributed by atoms with Crippen LogP contribution in [0.25, 0.3) is 16.7 Å². The molecule has 0 radical (unpaired) electrons. The fraction of sp³-hybridized carbons (Fsp3) is 0.312. The number of pyridine rings is 1. The second-order valence-corrected chi connectivity index (χ2v) is 10.7. The van der Waals surface area contributed by atoms with Gasteiger partial charge in [-0.25, -0.2) is 4.98 Å². The van der Waals surface area contributed by atoms with E-state index in [0.717, 1.165) is 22.4 Å². The minimum absolute atomic E-state index is 0.547. The lowest BCUT2D eigenvalue weighted by molar-refractivity contribution is 0.491. The van der Waals surface area contributed by atoms with Crippen LogP contribution in [-0.4, -0.2) is 13.3 Å². The van der Waals surface area contributed by atoms with Crippen LogP contribution in [-0.2, 0) is 4.43 Å². The van der Waals surface area contributed by atoms with Gasteiger partial charge in [0.15, 0.2) is 0 Å². The smallest absolute Gasteiger partial charge is 0.247 e. The first-order valence-electron chi connectivity index (χ1n) is 6.79. The Morgan fingerprint density at radius 2 is 1.90 bits per heavy atom. The summed E-state index contributed by atoms with van der Waals surface area (Å²) >= 11 is 3.41. The molecule has 0 unspecified atom stereocenters. The molecule has 0 saturated heterocycles. The van der Waals surface area contributed by atoms with Crippen LogP contribution in [0.2, 0.25) is 18.6 Å². The quantitative estimate of drug-likeness (QED) is 0.532. The van der Waals surface area contributed by atoms with Gasteiger partial charge in [-0.2, -0.15) is 0 Å². The van der Waals surface area contributed by atoms with E-state index in [0.29, 0.717) is 5.54 Å². The number of hydrogen-bond donors (Lipinski definition) is 0. The minimum atomic E-state index is -1.75. The van der Waals surface area contributed by atoms with Crippen LogP contribution in [0.3, 0.4) is 0 Å². The molecule has 1 aromatic carbocycles. The van der Waals surface area contributed by atoms with Crippen LogP contribution in [0.15, 0.2) is 41.4 Å². The normalized spacial score (nSPS) is 13.0. The number of aromatic nitrogens is 1. The van der Waals surface area contributed by atoms with Gasteiger partial charge < -0.3 is 4.43 Å². The molecule has 0 aliphatic carbocycles. The predicted molar refractivity (Wildman–Crippen MR) is 92.3 cm³/mol. The number of fused-ring (bicyclic) bond motifs is 1. The fourth-order valence-corrected chi connectivity index (χ4v) is 3.20. The number of hydrogen-bond acceptors (Lipinski definition) is 2. The zero-order valence-corrected chi connectivity index (χ0v) is 14.9. The highest BCUT2D eigenvalue weighted by Crippen LogP contribution is 2.29. The van der Waals surface area contributed by atoms with Gasteiger partial charge in [-0.1, -0.05) is 54.0 Å². The summed E-state index contributed by atoms with van der Waals surface area (Å²) < 4.78 is 6.27. The highest BCUT2D eigenvalue weighted by molar-refractivity contribution is 9.11. The van der Waals surface area contributed by atoms with Crippen molar-refractivity contribution in [3.63, 3.8) is 0 Å². The van der Waals surface area contributed by atoms with Gasteiger partial charge in [0.25, 0.3) is 0 Å². The second-order valence-electron chi connectivity index (χ2n) is 5.72. The van der Waals surface area contributed by atoms with Crippen LogP contribution in [0.5, 0.6) is 0 Å². The van der Waals surface area contributed by atoms with E-state index in [4.69, 9.17) is 4.43 Å². The van der Waals surface area contributed by atoms with Gasteiger partial charge in [-0.3, -0.25) is 0 Å².